The first-order valence-electron chi connectivity index (χ1n) is 6.03. The number of anilines is 1. The lowest BCUT2D eigenvalue weighted by Gasteiger charge is -2.14. The minimum atomic E-state index is -0.216. The van der Waals surface area contributed by atoms with E-state index in [0.717, 1.165) is 6.42 Å². The van der Waals surface area contributed by atoms with E-state index in [2.05, 4.69) is 26.8 Å². The van der Waals surface area contributed by atoms with E-state index in [1.165, 1.54) is 0 Å². The maximum absolute atomic E-state index is 11.5. The molecule has 1 aromatic heterocycles. The standard InChI is InChI=1S/C13H18N4O/c1-4-7-10(5-2)15-12-9-8-11(16-17-12)13(18)14-6-3/h1,8-10H,5-7H2,2-3H3,(H,14,18)(H,15,17). The van der Waals surface area contributed by atoms with Gasteiger partial charge in [-0.25, -0.2) is 0 Å². The van der Waals surface area contributed by atoms with Crippen LogP contribution in [0.5, 0.6) is 0 Å². The van der Waals surface area contributed by atoms with Crippen molar-refractivity contribution >= 4 is 11.7 Å². The number of aromatic nitrogens is 2. The Morgan fingerprint density at radius 3 is 2.72 bits per heavy atom. The first-order chi connectivity index (χ1) is 8.71. The maximum Gasteiger partial charge on any atom is 0.271 e. The summed E-state index contributed by atoms with van der Waals surface area (Å²) in [6, 6.07) is 3.55. The van der Waals surface area contributed by atoms with Gasteiger partial charge in [-0.2, -0.15) is 0 Å². The fourth-order valence-corrected chi connectivity index (χ4v) is 1.43. The van der Waals surface area contributed by atoms with Gasteiger partial charge in [-0.15, -0.1) is 22.5 Å². The van der Waals surface area contributed by atoms with E-state index >= 15 is 0 Å². The van der Waals surface area contributed by atoms with Gasteiger partial charge in [-0.05, 0) is 25.5 Å². The third kappa shape index (κ3) is 4.06. The summed E-state index contributed by atoms with van der Waals surface area (Å²) in [6.07, 6.45) is 6.82. The van der Waals surface area contributed by atoms with Crippen LogP contribution in [0.1, 0.15) is 37.2 Å². The summed E-state index contributed by atoms with van der Waals surface area (Å²) >= 11 is 0. The minimum absolute atomic E-state index is 0.180. The van der Waals surface area contributed by atoms with Crippen LogP contribution in [0.15, 0.2) is 12.1 Å². The van der Waals surface area contributed by atoms with Gasteiger partial charge in [0.2, 0.25) is 0 Å². The lowest BCUT2D eigenvalue weighted by Crippen LogP contribution is -2.24. The van der Waals surface area contributed by atoms with Crippen LogP contribution in [-0.4, -0.2) is 28.7 Å². The van der Waals surface area contributed by atoms with Crippen molar-refractivity contribution in [3.05, 3.63) is 17.8 Å². The molecule has 0 spiro atoms. The maximum atomic E-state index is 11.5. The Bertz CT molecular complexity index is 422. The van der Waals surface area contributed by atoms with Gasteiger partial charge in [-0.3, -0.25) is 4.79 Å². The van der Waals surface area contributed by atoms with Crippen LogP contribution in [-0.2, 0) is 0 Å². The first kappa shape index (κ1) is 14.0. The average molecular weight is 246 g/mol. The summed E-state index contributed by atoms with van der Waals surface area (Å²) in [6.45, 7) is 4.47. The molecule has 5 heteroatoms. The Balaban J connectivity index is 2.65. The minimum Gasteiger partial charge on any atom is -0.365 e. The number of carbonyl (C=O) groups excluding carboxylic acids is 1. The molecular formula is C13H18N4O. The summed E-state index contributed by atoms with van der Waals surface area (Å²) in [7, 11) is 0. The quantitative estimate of drug-likeness (QED) is 0.745. The van der Waals surface area contributed by atoms with Gasteiger partial charge in [0.15, 0.2) is 5.69 Å². The third-order valence-corrected chi connectivity index (χ3v) is 2.44. The van der Waals surface area contributed by atoms with Gasteiger partial charge in [-0.1, -0.05) is 6.92 Å². The number of nitrogens with one attached hydrogen (secondary N) is 2. The van der Waals surface area contributed by atoms with E-state index in [1.807, 2.05) is 13.8 Å². The summed E-state index contributed by atoms with van der Waals surface area (Å²) in [5.74, 6) is 3.02. The molecule has 0 bridgehead atoms. The highest BCUT2D eigenvalue weighted by atomic mass is 16.1. The molecule has 0 aliphatic heterocycles. The highest BCUT2D eigenvalue weighted by Crippen LogP contribution is 2.08. The molecule has 1 rings (SSSR count). The van der Waals surface area contributed by atoms with Gasteiger partial charge < -0.3 is 10.6 Å². The van der Waals surface area contributed by atoms with Gasteiger partial charge >= 0.3 is 0 Å². The number of hydrogen-bond acceptors (Lipinski definition) is 4. The molecule has 2 N–H and O–H groups in total. The van der Waals surface area contributed by atoms with E-state index in [-0.39, 0.29) is 11.9 Å². The summed E-state index contributed by atoms with van der Waals surface area (Å²) in [5, 5.41) is 13.7. The van der Waals surface area contributed by atoms with Crippen LogP contribution in [0.25, 0.3) is 0 Å². The topological polar surface area (TPSA) is 66.9 Å². The van der Waals surface area contributed by atoms with E-state index in [9.17, 15) is 4.79 Å². The lowest BCUT2D eigenvalue weighted by atomic mass is 10.1. The fourth-order valence-electron chi connectivity index (χ4n) is 1.43. The molecule has 0 saturated carbocycles. The molecule has 0 radical (unpaired) electrons. The zero-order valence-corrected chi connectivity index (χ0v) is 10.7. The van der Waals surface area contributed by atoms with Crippen molar-refractivity contribution in [2.45, 2.75) is 32.7 Å². The van der Waals surface area contributed by atoms with E-state index < -0.39 is 0 Å². The second-order valence-corrected chi connectivity index (χ2v) is 3.82. The molecule has 0 aromatic carbocycles. The molecule has 96 valence electrons. The van der Waals surface area contributed by atoms with Gasteiger partial charge in [0.05, 0.1) is 0 Å². The predicted molar refractivity (Wildman–Crippen MR) is 71.2 cm³/mol. The third-order valence-electron chi connectivity index (χ3n) is 2.44. The Morgan fingerprint density at radius 2 is 2.22 bits per heavy atom. The molecule has 1 heterocycles. The monoisotopic (exact) mass is 246 g/mol. The molecule has 1 amide bonds. The zero-order chi connectivity index (χ0) is 13.4. The van der Waals surface area contributed by atoms with Crippen molar-refractivity contribution in [3.8, 4) is 12.3 Å². The number of terminal acetylenes is 1. The van der Waals surface area contributed by atoms with Crippen molar-refractivity contribution < 1.29 is 4.79 Å². The van der Waals surface area contributed by atoms with Gasteiger partial charge in [0.1, 0.15) is 5.82 Å². The summed E-state index contributed by atoms with van der Waals surface area (Å²) in [5.41, 5.74) is 0.312. The van der Waals surface area contributed by atoms with Crippen LogP contribution in [0.3, 0.4) is 0 Å². The first-order valence-corrected chi connectivity index (χ1v) is 6.03. The van der Waals surface area contributed by atoms with Crippen LogP contribution in [0, 0.1) is 12.3 Å². The van der Waals surface area contributed by atoms with Crippen LogP contribution in [0.2, 0.25) is 0 Å². The molecule has 0 aliphatic rings. The fraction of sp³-hybridized carbons (Fsp3) is 0.462. The second-order valence-electron chi connectivity index (χ2n) is 3.82. The number of nitrogens with zero attached hydrogens (tertiary/aromatic N) is 2. The van der Waals surface area contributed by atoms with Gasteiger partial charge in [0, 0.05) is 19.0 Å². The van der Waals surface area contributed by atoms with Gasteiger partial charge in [0.25, 0.3) is 5.91 Å². The number of amides is 1. The van der Waals surface area contributed by atoms with E-state index in [4.69, 9.17) is 6.42 Å². The molecular weight excluding hydrogens is 228 g/mol. The molecule has 0 aliphatic carbocycles. The summed E-state index contributed by atoms with van der Waals surface area (Å²) < 4.78 is 0. The Hall–Kier alpha value is -2.09. The predicted octanol–water partition coefficient (Wildman–Crippen LogP) is 1.44. The highest BCUT2D eigenvalue weighted by Gasteiger charge is 2.08. The smallest absolute Gasteiger partial charge is 0.271 e. The summed E-state index contributed by atoms with van der Waals surface area (Å²) in [4.78, 5) is 11.5. The Morgan fingerprint density at radius 1 is 1.44 bits per heavy atom. The number of hydrogen-bond donors (Lipinski definition) is 2. The van der Waals surface area contributed by atoms with E-state index in [1.54, 1.807) is 12.1 Å². The average Bonchev–Trinajstić information content (AvgIpc) is 2.39. The van der Waals surface area contributed by atoms with E-state index in [0.29, 0.717) is 24.5 Å². The molecule has 18 heavy (non-hydrogen) atoms. The Labute approximate surface area is 107 Å². The van der Waals surface area contributed by atoms with Crippen LogP contribution in [0.4, 0.5) is 5.82 Å². The number of rotatable bonds is 6. The molecule has 1 unspecified atom stereocenters. The Kier molecular flexibility index (Phi) is 5.65. The van der Waals surface area contributed by atoms with Crippen molar-refractivity contribution in [1.82, 2.24) is 15.5 Å². The van der Waals surface area contributed by atoms with Crippen molar-refractivity contribution in [1.29, 1.82) is 0 Å². The largest absolute Gasteiger partial charge is 0.365 e. The second kappa shape index (κ2) is 7.28. The molecule has 1 aromatic rings. The SMILES string of the molecule is C#CCC(CC)Nc1ccc(C(=O)NCC)nn1. The number of carbonyl (C=O) groups is 1. The van der Waals surface area contributed by atoms with Crippen molar-refractivity contribution in [2.24, 2.45) is 0 Å². The normalized spacial score (nSPS) is 11.4. The van der Waals surface area contributed by atoms with Crippen molar-refractivity contribution in [2.75, 3.05) is 11.9 Å². The van der Waals surface area contributed by atoms with Crippen molar-refractivity contribution in [3.63, 3.8) is 0 Å². The van der Waals surface area contributed by atoms with Crippen LogP contribution < -0.4 is 10.6 Å². The zero-order valence-electron chi connectivity index (χ0n) is 10.7. The molecule has 1 atom stereocenters. The molecule has 0 fully saturated rings. The molecule has 5 nitrogen and oxygen atoms in total. The lowest BCUT2D eigenvalue weighted by molar-refractivity contribution is 0.0950. The highest BCUT2D eigenvalue weighted by molar-refractivity contribution is 5.92. The molecule has 0 saturated heterocycles. The van der Waals surface area contributed by atoms with Crippen LogP contribution >= 0.6 is 0 Å².